The SMILES string of the molecule is N#CCC1C=CCO1. The van der Waals surface area contributed by atoms with E-state index in [-0.39, 0.29) is 6.10 Å². The summed E-state index contributed by atoms with van der Waals surface area (Å²) >= 11 is 0. The molecule has 0 bridgehead atoms. The highest BCUT2D eigenvalue weighted by Gasteiger charge is 2.06. The van der Waals surface area contributed by atoms with Crippen molar-refractivity contribution < 1.29 is 4.74 Å². The van der Waals surface area contributed by atoms with Crippen LogP contribution in [0.15, 0.2) is 12.2 Å². The average molecular weight is 109 g/mol. The lowest BCUT2D eigenvalue weighted by molar-refractivity contribution is 0.132. The molecule has 2 nitrogen and oxygen atoms in total. The van der Waals surface area contributed by atoms with Gasteiger partial charge >= 0.3 is 0 Å². The van der Waals surface area contributed by atoms with E-state index in [0.717, 1.165) is 0 Å². The molecule has 8 heavy (non-hydrogen) atoms. The minimum atomic E-state index is 0.0694. The molecule has 42 valence electrons. The first-order valence-corrected chi connectivity index (χ1v) is 2.58. The molecule has 1 unspecified atom stereocenters. The molecule has 0 spiro atoms. The highest BCUT2D eigenvalue weighted by molar-refractivity contribution is 4.99. The summed E-state index contributed by atoms with van der Waals surface area (Å²) in [6.07, 6.45) is 4.40. The highest BCUT2D eigenvalue weighted by Crippen LogP contribution is 2.05. The molecule has 0 aliphatic carbocycles. The molecule has 1 rings (SSSR count). The second-order valence-corrected chi connectivity index (χ2v) is 1.66. The van der Waals surface area contributed by atoms with Crippen LogP contribution in [-0.4, -0.2) is 12.7 Å². The van der Waals surface area contributed by atoms with Gasteiger partial charge in [0.05, 0.1) is 25.2 Å². The summed E-state index contributed by atoms with van der Waals surface area (Å²) in [6, 6.07) is 2.03. The van der Waals surface area contributed by atoms with Gasteiger partial charge in [0.2, 0.25) is 0 Å². The Morgan fingerprint density at radius 3 is 3.25 bits per heavy atom. The van der Waals surface area contributed by atoms with Crippen molar-refractivity contribution >= 4 is 0 Å². The standard InChI is InChI=1S/C6H7NO/c7-4-3-6-2-1-5-8-6/h1-2,6H,3,5H2. The first-order valence-electron chi connectivity index (χ1n) is 2.58. The van der Waals surface area contributed by atoms with Crippen LogP contribution in [-0.2, 0) is 4.74 Å². The Hall–Kier alpha value is -0.810. The number of ether oxygens (including phenoxy) is 1. The molecule has 0 saturated heterocycles. The van der Waals surface area contributed by atoms with E-state index in [1.54, 1.807) is 0 Å². The lowest BCUT2D eigenvalue weighted by Gasteiger charge is -1.98. The second-order valence-electron chi connectivity index (χ2n) is 1.66. The van der Waals surface area contributed by atoms with Crippen molar-refractivity contribution in [3.63, 3.8) is 0 Å². The van der Waals surface area contributed by atoms with E-state index in [0.29, 0.717) is 13.0 Å². The predicted molar refractivity (Wildman–Crippen MR) is 29.1 cm³/mol. The van der Waals surface area contributed by atoms with E-state index in [9.17, 15) is 0 Å². The Labute approximate surface area is 48.4 Å². The zero-order chi connectivity index (χ0) is 5.82. The summed E-state index contributed by atoms with van der Waals surface area (Å²) in [4.78, 5) is 0. The number of nitrogens with zero attached hydrogens (tertiary/aromatic N) is 1. The van der Waals surface area contributed by atoms with Crippen LogP contribution in [0.3, 0.4) is 0 Å². The fourth-order valence-corrected chi connectivity index (χ4v) is 0.659. The normalized spacial score (nSPS) is 25.6. The van der Waals surface area contributed by atoms with E-state index in [1.165, 1.54) is 0 Å². The van der Waals surface area contributed by atoms with E-state index in [2.05, 4.69) is 0 Å². The van der Waals surface area contributed by atoms with Gasteiger partial charge in [0.1, 0.15) is 0 Å². The van der Waals surface area contributed by atoms with Crippen molar-refractivity contribution in [3.8, 4) is 6.07 Å². The molecule has 2 heteroatoms. The van der Waals surface area contributed by atoms with Crippen molar-refractivity contribution in [2.45, 2.75) is 12.5 Å². The van der Waals surface area contributed by atoms with Crippen LogP contribution >= 0.6 is 0 Å². The van der Waals surface area contributed by atoms with E-state index >= 15 is 0 Å². The van der Waals surface area contributed by atoms with Crippen molar-refractivity contribution in [1.29, 1.82) is 5.26 Å². The van der Waals surface area contributed by atoms with Gasteiger partial charge in [0, 0.05) is 0 Å². The monoisotopic (exact) mass is 109 g/mol. The minimum absolute atomic E-state index is 0.0694. The van der Waals surface area contributed by atoms with Crippen molar-refractivity contribution in [2.24, 2.45) is 0 Å². The average Bonchev–Trinajstić information content (AvgIpc) is 2.19. The summed E-state index contributed by atoms with van der Waals surface area (Å²) in [7, 11) is 0. The quantitative estimate of drug-likeness (QED) is 0.468. The third kappa shape index (κ3) is 1.08. The Bertz CT molecular complexity index is 134. The third-order valence-electron chi connectivity index (χ3n) is 1.05. The second kappa shape index (κ2) is 2.49. The van der Waals surface area contributed by atoms with Crippen LogP contribution in [0.25, 0.3) is 0 Å². The maximum absolute atomic E-state index is 8.16. The first kappa shape index (κ1) is 5.33. The molecule has 1 heterocycles. The van der Waals surface area contributed by atoms with Gasteiger partial charge in [0.25, 0.3) is 0 Å². The fourth-order valence-electron chi connectivity index (χ4n) is 0.659. The van der Waals surface area contributed by atoms with Gasteiger partial charge in [-0.05, 0) is 0 Å². The first-order chi connectivity index (χ1) is 3.93. The highest BCUT2D eigenvalue weighted by atomic mass is 16.5. The summed E-state index contributed by atoms with van der Waals surface area (Å²) < 4.78 is 5.06. The van der Waals surface area contributed by atoms with Crippen molar-refractivity contribution in [3.05, 3.63) is 12.2 Å². The molecular weight excluding hydrogens is 102 g/mol. The van der Waals surface area contributed by atoms with E-state index in [4.69, 9.17) is 10.00 Å². The predicted octanol–water partition coefficient (Wildman–Crippen LogP) is 0.855. The molecule has 0 N–H and O–H groups in total. The van der Waals surface area contributed by atoms with Gasteiger partial charge in [-0.25, -0.2) is 0 Å². The van der Waals surface area contributed by atoms with Gasteiger partial charge in [0.15, 0.2) is 0 Å². The van der Waals surface area contributed by atoms with Crippen LogP contribution < -0.4 is 0 Å². The Balaban J connectivity index is 2.28. The lowest BCUT2D eigenvalue weighted by atomic mass is 10.3. The Morgan fingerprint density at radius 2 is 2.75 bits per heavy atom. The van der Waals surface area contributed by atoms with E-state index < -0.39 is 0 Å². The molecule has 1 aliphatic rings. The molecule has 0 saturated carbocycles. The smallest absolute Gasteiger partial charge is 0.0890 e. The number of nitriles is 1. The maximum atomic E-state index is 8.16. The van der Waals surface area contributed by atoms with E-state index in [1.807, 2.05) is 18.2 Å². The Kier molecular flexibility index (Phi) is 1.66. The summed E-state index contributed by atoms with van der Waals surface area (Å²) in [5.74, 6) is 0. The summed E-state index contributed by atoms with van der Waals surface area (Å²) in [5.41, 5.74) is 0. The van der Waals surface area contributed by atoms with Crippen LogP contribution in [0, 0.1) is 11.3 Å². The molecule has 0 aromatic carbocycles. The molecule has 0 aromatic heterocycles. The van der Waals surface area contributed by atoms with Crippen LogP contribution in [0.1, 0.15) is 6.42 Å². The molecule has 0 radical (unpaired) electrons. The summed E-state index contributed by atoms with van der Waals surface area (Å²) in [6.45, 7) is 0.673. The largest absolute Gasteiger partial charge is 0.369 e. The van der Waals surface area contributed by atoms with Gasteiger partial charge in [-0.2, -0.15) is 5.26 Å². The van der Waals surface area contributed by atoms with Gasteiger partial charge in [-0.15, -0.1) is 0 Å². The van der Waals surface area contributed by atoms with Gasteiger partial charge < -0.3 is 4.74 Å². The van der Waals surface area contributed by atoms with Crippen molar-refractivity contribution in [1.82, 2.24) is 0 Å². The van der Waals surface area contributed by atoms with Crippen LogP contribution in [0.4, 0.5) is 0 Å². The zero-order valence-electron chi connectivity index (χ0n) is 4.50. The molecule has 0 aromatic rings. The molecular formula is C6H7NO. The number of rotatable bonds is 1. The zero-order valence-corrected chi connectivity index (χ0v) is 4.50. The number of hydrogen-bond acceptors (Lipinski definition) is 2. The van der Waals surface area contributed by atoms with Gasteiger partial charge in [-0.3, -0.25) is 0 Å². The Morgan fingerprint density at radius 1 is 1.88 bits per heavy atom. The third-order valence-corrected chi connectivity index (χ3v) is 1.05. The lowest BCUT2D eigenvalue weighted by Crippen LogP contribution is -2.01. The molecule has 0 fully saturated rings. The fraction of sp³-hybridized carbons (Fsp3) is 0.500. The molecule has 0 amide bonds. The molecule has 1 aliphatic heterocycles. The maximum Gasteiger partial charge on any atom is 0.0890 e. The number of hydrogen-bond donors (Lipinski definition) is 0. The summed E-state index contributed by atoms with van der Waals surface area (Å²) in [5, 5.41) is 8.16. The molecule has 1 atom stereocenters. The van der Waals surface area contributed by atoms with Crippen LogP contribution in [0.5, 0.6) is 0 Å². The van der Waals surface area contributed by atoms with Gasteiger partial charge in [-0.1, -0.05) is 12.2 Å². The van der Waals surface area contributed by atoms with Crippen molar-refractivity contribution in [2.75, 3.05) is 6.61 Å². The van der Waals surface area contributed by atoms with Crippen LogP contribution in [0.2, 0.25) is 0 Å². The topological polar surface area (TPSA) is 33.0 Å². The minimum Gasteiger partial charge on any atom is -0.369 e.